The first-order valence-electron chi connectivity index (χ1n) is 7.85. The number of carbonyl (C=O) groups excluding carboxylic acids is 1. The molecule has 0 atom stereocenters. The molecule has 7 nitrogen and oxygen atoms in total. The largest absolute Gasteiger partial charge is 0.472 e. The van der Waals surface area contributed by atoms with Crippen LogP contribution in [0.2, 0.25) is 0 Å². The Balaban J connectivity index is 1.58. The second kappa shape index (κ2) is 6.06. The van der Waals surface area contributed by atoms with E-state index in [0.29, 0.717) is 24.9 Å². The Hall–Kier alpha value is -2.31. The van der Waals surface area contributed by atoms with Gasteiger partial charge in [-0.3, -0.25) is 0 Å². The fraction of sp³-hybridized carbons (Fsp3) is 0.562. The maximum Gasteiger partial charge on any atom is 0.317 e. The first-order valence-corrected chi connectivity index (χ1v) is 7.85. The van der Waals surface area contributed by atoms with Gasteiger partial charge < -0.3 is 19.1 Å². The minimum atomic E-state index is -0.222. The monoisotopic (exact) mass is 318 g/mol. The summed E-state index contributed by atoms with van der Waals surface area (Å²) in [5, 5.41) is 11.2. The molecule has 1 aliphatic rings. The molecule has 2 amide bonds. The Bertz CT molecular complexity index is 649. The van der Waals surface area contributed by atoms with Crippen LogP contribution in [-0.4, -0.2) is 39.8 Å². The lowest BCUT2D eigenvalue weighted by molar-refractivity contribution is 0.169. The van der Waals surface area contributed by atoms with Gasteiger partial charge in [-0.25, -0.2) is 4.79 Å². The first-order chi connectivity index (χ1) is 10.9. The Kier molecular flexibility index (Phi) is 4.11. The van der Waals surface area contributed by atoms with E-state index in [9.17, 15) is 4.79 Å². The molecule has 1 saturated heterocycles. The molecule has 0 saturated carbocycles. The summed E-state index contributed by atoms with van der Waals surface area (Å²) < 4.78 is 10.8. The van der Waals surface area contributed by atoms with Crippen molar-refractivity contribution in [2.75, 3.05) is 13.1 Å². The van der Waals surface area contributed by atoms with Gasteiger partial charge in [0.15, 0.2) is 0 Å². The fourth-order valence-electron chi connectivity index (χ4n) is 2.63. The number of nitrogens with one attached hydrogen (secondary N) is 1. The standard InChI is InChI=1S/C16H22N4O3/c1-16(2,3)17-15(21)20-7-4-11(5-8-20)13-18-19-14(23-13)12-6-9-22-10-12/h6,9-11H,4-5,7-8H2,1-3H3,(H,17,21). The van der Waals surface area contributed by atoms with Gasteiger partial charge in [0, 0.05) is 24.5 Å². The SMILES string of the molecule is CC(C)(C)NC(=O)N1CCC(c2nnc(-c3ccoc3)o2)CC1. The number of piperidine rings is 1. The average Bonchev–Trinajstić information content (AvgIpc) is 3.17. The van der Waals surface area contributed by atoms with Crippen LogP contribution in [0, 0.1) is 0 Å². The number of amides is 2. The average molecular weight is 318 g/mol. The van der Waals surface area contributed by atoms with Crippen LogP contribution >= 0.6 is 0 Å². The van der Waals surface area contributed by atoms with E-state index in [-0.39, 0.29) is 17.5 Å². The molecule has 3 heterocycles. The van der Waals surface area contributed by atoms with Crippen molar-refractivity contribution in [2.45, 2.75) is 45.1 Å². The second-order valence-corrected chi connectivity index (χ2v) is 6.90. The van der Waals surface area contributed by atoms with E-state index in [4.69, 9.17) is 8.83 Å². The number of rotatable bonds is 2. The van der Waals surface area contributed by atoms with Crippen molar-refractivity contribution in [1.82, 2.24) is 20.4 Å². The zero-order valence-electron chi connectivity index (χ0n) is 13.7. The number of nitrogens with zero attached hydrogens (tertiary/aromatic N) is 3. The zero-order valence-corrected chi connectivity index (χ0v) is 13.7. The molecule has 2 aromatic rings. The van der Waals surface area contributed by atoms with Gasteiger partial charge in [-0.15, -0.1) is 10.2 Å². The smallest absolute Gasteiger partial charge is 0.317 e. The van der Waals surface area contributed by atoms with E-state index in [2.05, 4.69) is 15.5 Å². The molecule has 0 aliphatic carbocycles. The topological polar surface area (TPSA) is 84.4 Å². The van der Waals surface area contributed by atoms with Crippen LogP contribution in [0.25, 0.3) is 11.5 Å². The van der Waals surface area contributed by atoms with Gasteiger partial charge >= 0.3 is 6.03 Å². The van der Waals surface area contributed by atoms with Crippen molar-refractivity contribution in [3.63, 3.8) is 0 Å². The predicted molar refractivity (Wildman–Crippen MR) is 83.8 cm³/mol. The van der Waals surface area contributed by atoms with Crippen LogP contribution in [0.15, 0.2) is 27.4 Å². The number of furan rings is 1. The molecule has 124 valence electrons. The van der Waals surface area contributed by atoms with Gasteiger partial charge in [0.25, 0.3) is 5.89 Å². The molecule has 1 aliphatic heterocycles. The van der Waals surface area contributed by atoms with Gasteiger partial charge in [0.2, 0.25) is 5.89 Å². The van der Waals surface area contributed by atoms with E-state index < -0.39 is 0 Å². The zero-order chi connectivity index (χ0) is 16.4. The van der Waals surface area contributed by atoms with Crippen molar-refractivity contribution in [3.05, 3.63) is 24.5 Å². The maximum absolute atomic E-state index is 12.2. The maximum atomic E-state index is 12.2. The molecule has 2 aromatic heterocycles. The van der Waals surface area contributed by atoms with Crippen LogP contribution in [0.3, 0.4) is 0 Å². The molecule has 23 heavy (non-hydrogen) atoms. The van der Waals surface area contributed by atoms with Crippen LogP contribution in [0.5, 0.6) is 0 Å². The summed E-state index contributed by atoms with van der Waals surface area (Å²) in [6.07, 6.45) is 4.80. The molecular formula is C16H22N4O3. The fourth-order valence-corrected chi connectivity index (χ4v) is 2.63. The molecule has 0 unspecified atom stereocenters. The highest BCUT2D eigenvalue weighted by molar-refractivity contribution is 5.75. The van der Waals surface area contributed by atoms with Crippen molar-refractivity contribution < 1.29 is 13.6 Å². The molecular weight excluding hydrogens is 296 g/mol. The quantitative estimate of drug-likeness (QED) is 0.920. The van der Waals surface area contributed by atoms with Crippen LogP contribution < -0.4 is 5.32 Å². The molecule has 7 heteroatoms. The Morgan fingerprint density at radius 1 is 1.30 bits per heavy atom. The molecule has 0 radical (unpaired) electrons. The lowest BCUT2D eigenvalue weighted by Crippen LogP contribution is -2.50. The highest BCUT2D eigenvalue weighted by atomic mass is 16.4. The molecule has 0 bridgehead atoms. The minimum Gasteiger partial charge on any atom is -0.472 e. The van der Waals surface area contributed by atoms with Crippen molar-refractivity contribution in [3.8, 4) is 11.5 Å². The highest BCUT2D eigenvalue weighted by Crippen LogP contribution is 2.29. The molecule has 0 spiro atoms. The highest BCUT2D eigenvalue weighted by Gasteiger charge is 2.28. The van der Waals surface area contributed by atoms with Crippen molar-refractivity contribution in [1.29, 1.82) is 0 Å². The first kappa shape index (κ1) is 15.6. The number of carbonyl (C=O) groups is 1. The number of hydrogen-bond acceptors (Lipinski definition) is 5. The molecule has 0 aromatic carbocycles. The Morgan fingerprint density at radius 2 is 2.04 bits per heavy atom. The summed E-state index contributed by atoms with van der Waals surface area (Å²) in [6.45, 7) is 7.32. The molecule has 1 fully saturated rings. The molecule has 1 N–H and O–H groups in total. The lowest BCUT2D eigenvalue weighted by Gasteiger charge is -2.33. The summed E-state index contributed by atoms with van der Waals surface area (Å²) in [5.41, 5.74) is 0.561. The summed E-state index contributed by atoms with van der Waals surface area (Å²) in [7, 11) is 0. The van der Waals surface area contributed by atoms with Gasteiger partial charge in [0.05, 0.1) is 11.8 Å². The normalized spacial score (nSPS) is 16.6. The van der Waals surface area contributed by atoms with E-state index in [1.807, 2.05) is 25.7 Å². The number of likely N-dealkylation sites (tertiary alicyclic amines) is 1. The third-order valence-electron chi connectivity index (χ3n) is 3.82. The summed E-state index contributed by atoms with van der Waals surface area (Å²) in [5.74, 6) is 1.31. The lowest BCUT2D eigenvalue weighted by atomic mass is 9.97. The summed E-state index contributed by atoms with van der Waals surface area (Å²) in [4.78, 5) is 14.0. The summed E-state index contributed by atoms with van der Waals surface area (Å²) in [6, 6.07) is 1.78. The Morgan fingerprint density at radius 3 is 2.65 bits per heavy atom. The van der Waals surface area contributed by atoms with E-state index in [0.717, 1.165) is 18.4 Å². The molecule has 3 rings (SSSR count). The van der Waals surface area contributed by atoms with Gasteiger partial charge in [-0.1, -0.05) is 0 Å². The van der Waals surface area contributed by atoms with Crippen molar-refractivity contribution in [2.24, 2.45) is 0 Å². The third kappa shape index (κ3) is 3.72. The van der Waals surface area contributed by atoms with Crippen LogP contribution in [0.4, 0.5) is 4.79 Å². The second-order valence-electron chi connectivity index (χ2n) is 6.90. The Labute approximate surface area is 135 Å². The minimum absolute atomic E-state index is 0.0134. The van der Waals surface area contributed by atoms with E-state index in [1.165, 1.54) is 0 Å². The van der Waals surface area contributed by atoms with Crippen LogP contribution in [-0.2, 0) is 0 Å². The number of hydrogen-bond donors (Lipinski definition) is 1. The summed E-state index contributed by atoms with van der Waals surface area (Å²) >= 11 is 0. The van der Waals surface area contributed by atoms with Gasteiger partial charge in [-0.2, -0.15) is 0 Å². The number of aromatic nitrogens is 2. The van der Waals surface area contributed by atoms with Crippen LogP contribution in [0.1, 0.15) is 45.4 Å². The van der Waals surface area contributed by atoms with E-state index >= 15 is 0 Å². The van der Waals surface area contributed by atoms with Crippen molar-refractivity contribution >= 4 is 6.03 Å². The van der Waals surface area contributed by atoms with Gasteiger partial charge in [0.1, 0.15) is 6.26 Å². The van der Waals surface area contributed by atoms with Gasteiger partial charge in [-0.05, 0) is 39.7 Å². The predicted octanol–water partition coefficient (Wildman–Crippen LogP) is 3.02. The number of urea groups is 1. The van der Waals surface area contributed by atoms with E-state index in [1.54, 1.807) is 18.6 Å². The third-order valence-corrected chi connectivity index (χ3v) is 3.82.